The summed E-state index contributed by atoms with van der Waals surface area (Å²) in [5.74, 6) is 1.50. The van der Waals surface area contributed by atoms with Gasteiger partial charge in [0.15, 0.2) is 0 Å². The minimum Gasteiger partial charge on any atom is -0.324 e. The molecule has 1 N–H and O–H groups in total. The van der Waals surface area contributed by atoms with Crippen LogP contribution in [-0.4, -0.2) is 43.8 Å². The van der Waals surface area contributed by atoms with Gasteiger partial charge in [0, 0.05) is 43.5 Å². The lowest BCUT2D eigenvalue weighted by molar-refractivity contribution is 0.192. The van der Waals surface area contributed by atoms with E-state index >= 15 is 0 Å². The smallest absolute Gasteiger partial charge is 0.323 e. The number of aromatic nitrogens is 4. The predicted molar refractivity (Wildman–Crippen MR) is 96.4 cm³/mol. The fourth-order valence-corrected chi connectivity index (χ4v) is 3.27. The topological polar surface area (TPSA) is 75.9 Å². The van der Waals surface area contributed by atoms with Gasteiger partial charge in [0.05, 0.1) is 5.69 Å². The minimum atomic E-state index is -0.0661. The average molecular weight is 342 g/mol. The number of piperidine rings is 1. The second-order valence-electron chi connectivity index (χ2n) is 7.10. The van der Waals surface area contributed by atoms with Crippen molar-refractivity contribution in [3.05, 3.63) is 36.0 Å². The number of aryl methyl sites for hydroxylation is 1. The summed E-state index contributed by atoms with van der Waals surface area (Å²) in [6, 6.07) is 3.79. The van der Waals surface area contributed by atoms with Crippen molar-refractivity contribution in [2.24, 2.45) is 5.92 Å². The van der Waals surface area contributed by atoms with Gasteiger partial charge in [-0.1, -0.05) is 13.8 Å². The molecule has 0 saturated carbocycles. The van der Waals surface area contributed by atoms with Gasteiger partial charge < -0.3 is 4.90 Å². The Kier molecular flexibility index (Phi) is 5.31. The molecule has 2 amide bonds. The Balaban J connectivity index is 1.67. The van der Waals surface area contributed by atoms with E-state index < -0.39 is 0 Å². The van der Waals surface area contributed by atoms with Crippen LogP contribution >= 0.6 is 0 Å². The number of hydrogen-bond acceptors (Lipinski definition) is 4. The van der Waals surface area contributed by atoms with Gasteiger partial charge in [0.1, 0.15) is 12.1 Å². The first kappa shape index (κ1) is 17.4. The molecule has 7 nitrogen and oxygen atoms in total. The summed E-state index contributed by atoms with van der Waals surface area (Å²) in [5.41, 5.74) is 1.92. The molecule has 0 aliphatic carbocycles. The van der Waals surface area contributed by atoms with Crippen molar-refractivity contribution in [1.82, 2.24) is 24.6 Å². The Morgan fingerprint density at radius 3 is 3.00 bits per heavy atom. The number of nitrogens with one attached hydrogen (secondary N) is 1. The van der Waals surface area contributed by atoms with Gasteiger partial charge in [0.25, 0.3) is 0 Å². The van der Waals surface area contributed by atoms with Gasteiger partial charge in [-0.3, -0.25) is 5.32 Å². The Hall–Kier alpha value is -2.44. The summed E-state index contributed by atoms with van der Waals surface area (Å²) in [4.78, 5) is 22.9. The number of nitrogens with zero attached hydrogens (tertiary/aromatic N) is 5. The molecule has 2 aromatic rings. The quantitative estimate of drug-likeness (QED) is 0.926. The van der Waals surface area contributed by atoms with Gasteiger partial charge in [-0.25, -0.2) is 19.4 Å². The van der Waals surface area contributed by atoms with E-state index in [1.807, 2.05) is 28.6 Å². The van der Waals surface area contributed by atoms with Crippen LogP contribution in [0.15, 0.2) is 24.7 Å². The molecule has 1 aliphatic heterocycles. The van der Waals surface area contributed by atoms with Gasteiger partial charge in [-0.2, -0.15) is 5.10 Å². The molecule has 7 heteroatoms. The second-order valence-corrected chi connectivity index (χ2v) is 7.10. The Bertz CT molecular complexity index is 712. The van der Waals surface area contributed by atoms with Crippen LogP contribution in [0.3, 0.4) is 0 Å². The maximum atomic E-state index is 12.7. The summed E-state index contributed by atoms with van der Waals surface area (Å²) in [6.07, 6.45) is 5.35. The third-order valence-electron chi connectivity index (χ3n) is 4.41. The first-order valence-electron chi connectivity index (χ1n) is 8.89. The molecule has 1 atom stereocenters. The Labute approximate surface area is 148 Å². The predicted octanol–water partition coefficient (Wildman–Crippen LogP) is 3.05. The number of rotatable bonds is 4. The van der Waals surface area contributed by atoms with Crippen molar-refractivity contribution in [2.45, 2.75) is 46.1 Å². The normalized spacial score (nSPS) is 17.8. The third kappa shape index (κ3) is 4.35. The lowest BCUT2D eigenvalue weighted by atomic mass is 9.95. The lowest BCUT2D eigenvalue weighted by Crippen LogP contribution is -2.42. The number of anilines is 1. The molecule has 134 valence electrons. The molecule has 2 aromatic heterocycles. The highest BCUT2D eigenvalue weighted by Gasteiger charge is 2.26. The number of carbonyl (C=O) groups is 1. The number of urea groups is 1. The molecule has 3 rings (SSSR count). The fraction of sp³-hybridized carbons (Fsp3) is 0.556. The van der Waals surface area contributed by atoms with Gasteiger partial charge in [-0.15, -0.1) is 0 Å². The summed E-state index contributed by atoms with van der Waals surface area (Å²) in [5, 5.41) is 7.51. The van der Waals surface area contributed by atoms with Crippen LogP contribution < -0.4 is 5.32 Å². The van der Waals surface area contributed by atoms with Crippen LogP contribution in [0.1, 0.15) is 44.0 Å². The summed E-state index contributed by atoms with van der Waals surface area (Å²) >= 11 is 0. The molecule has 0 unspecified atom stereocenters. The highest BCUT2D eigenvalue weighted by atomic mass is 16.2. The molecule has 25 heavy (non-hydrogen) atoms. The number of carbonyl (C=O) groups excluding carboxylic acids is 1. The minimum absolute atomic E-state index is 0.0661. The van der Waals surface area contributed by atoms with Crippen molar-refractivity contribution in [3.8, 4) is 0 Å². The molecule has 0 bridgehead atoms. The van der Waals surface area contributed by atoms with Crippen LogP contribution in [0, 0.1) is 12.8 Å². The van der Waals surface area contributed by atoms with E-state index in [0.717, 1.165) is 43.1 Å². The average Bonchev–Trinajstić information content (AvgIpc) is 2.94. The van der Waals surface area contributed by atoms with Crippen LogP contribution in [0.2, 0.25) is 0 Å². The summed E-state index contributed by atoms with van der Waals surface area (Å²) < 4.78 is 1.88. The van der Waals surface area contributed by atoms with Gasteiger partial charge in [0.2, 0.25) is 0 Å². The van der Waals surface area contributed by atoms with E-state index in [1.165, 1.54) is 0 Å². The van der Waals surface area contributed by atoms with E-state index in [-0.39, 0.29) is 11.9 Å². The zero-order valence-electron chi connectivity index (χ0n) is 15.1. The van der Waals surface area contributed by atoms with Crippen LogP contribution in [0.25, 0.3) is 0 Å². The molecule has 0 radical (unpaired) electrons. The number of hydrogen-bond donors (Lipinski definition) is 1. The second kappa shape index (κ2) is 7.63. The lowest BCUT2D eigenvalue weighted by Gasteiger charge is -2.32. The van der Waals surface area contributed by atoms with Crippen LogP contribution in [0.4, 0.5) is 10.6 Å². The third-order valence-corrected chi connectivity index (χ3v) is 4.41. The first-order valence-corrected chi connectivity index (χ1v) is 8.89. The monoisotopic (exact) mass is 342 g/mol. The fourth-order valence-electron chi connectivity index (χ4n) is 3.27. The van der Waals surface area contributed by atoms with E-state index in [9.17, 15) is 4.79 Å². The molecule has 3 heterocycles. The van der Waals surface area contributed by atoms with E-state index in [4.69, 9.17) is 0 Å². The maximum Gasteiger partial charge on any atom is 0.323 e. The standard InChI is InChI=1S/C18H26N6O/c1-13(2)10-24-17(9-14(3)22-24)21-18(25)23-8-4-5-15(11-23)16-6-7-19-12-20-16/h6-7,9,12-13,15H,4-5,8,10-11H2,1-3H3,(H,21,25)/t15-/m1/s1. The van der Waals surface area contributed by atoms with E-state index in [2.05, 4.69) is 34.2 Å². The van der Waals surface area contributed by atoms with Crippen molar-refractivity contribution in [1.29, 1.82) is 0 Å². The SMILES string of the molecule is Cc1cc(NC(=O)N2CCC[C@@H](c3ccncn3)C2)n(CC(C)C)n1. The first-order chi connectivity index (χ1) is 12.0. The Morgan fingerprint density at radius 2 is 2.28 bits per heavy atom. The zero-order chi connectivity index (χ0) is 17.8. The van der Waals surface area contributed by atoms with Crippen LogP contribution in [-0.2, 0) is 6.54 Å². The van der Waals surface area contributed by atoms with Crippen molar-refractivity contribution >= 4 is 11.8 Å². The molecular weight excluding hydrogens is 316 g/mol. The number of likely N-dealkylation sites (tertiary alicyclic amines) is 1. The Morgan fingerprint density at radius 1 is 1.44 bits per heavy atom. The molecule has 0 aromatic carbocycles. The highest BCUT2D eigenvalue weighted by Crippen LogP contribution is 2.25. The van der Waals surface area contributed by atoms with Crippen LogP contribution in [0.5, 0.6) is 0 Å². The largest absolute Gasteiger partial charge is 0.324 e. The van der Waals surface area contributed by atoms with Crippen molar-refractivity contribution in [2.75, 3.05) is 18.4 Å². The highest BCUT2D eigenvalue weighted by molar-refractivity contribution is 5.88. The molecular formula is C18H26N6O. The van der Waals surface area contributed by atoms with Crippen molar-refractivity contribution in [3.63, 3.8) is 0 Å². The maximum absolute atomic E-state index is 12.7. The summed E-state index contributed by atoms with van der Waals surface area (Å²) in [7, 11) is 0. The van der Waals surface area contributed by atoms with E-state index in [0.29, 0.717) is 12.5 Å². The summed E-state index contributed by atoms with van der Waals surface area (Å²) in [6.45, 7) is 8.45. The molecule has 0 spiro atoms. The zero-order valence-corrected chi connectivity index (χ0v) is 15.1. The molecule has 1 aliphatic rings. The molecule has 1 saturated heterocycles. The number of amides is 2. The van der Waals surface area contributed by atoms with Gasteiger partial charge >= 0.3 is 6.03 Å². The van der Waals surface area contributed by atoms with Crippen molar-refractivity contribution < 1.29 is 4.79 Å². The molecule has 1 fully saturated rings. The van der Waals surface area contributed by atoms with Gasteiger partial charge in [-0.05, 0) is 31.7 Å². The van der Waals surface area contributed by atoms with E-state index in [1.54, 1.807) is 12.5 Å².